The van der Waals surface area contributed by atoms with E-state index in [0.717, 1.165) is 44.0 Å². The lowest BCUT2D eigenvalue weighted by atomic mass is 9.94. The van der Waals surface area contributed by atoms with E-state index in [0.29, 0.717) is 12.6 Å². The number of aromatic nitrogens is 1. The molecule has 6 nitrogen and oxygen atoms in total. The molecule has 2 N–H and O–H groups in total. The third-order valence-electron chi connectivity index (χ3n) is 5.43. The lowest BCUT2D eigenvalue weighted by molar-refractivity contribution is -0.118. The lowest BCUT2D eigenvalue weighted by Crippen LogP contribution is -2.46. The smallest absolute Gasteiger partial charge is 0.238 e. The van der Waals surface area contributed by atoms with Crippen LogP contribution in [0.2, 0.25) is 0 Å². The number of carbonyl (C=O) groups excluding carboxylic acids is 1. The molecular formula is C19H30N4O2. The molecule has 0 spiro atoms. The van der Waals surface area contributed by atoms with Gasteiger partial charge in [-0.15, -0.1) is 0 Å². The quantitative estimate of drug-likeness (QED) is 0.855. The highest BCUT2D eigenvalue weighted by atomic mass is 16.3. The molecule has 1 aromatic heterocycles. The normalized spacial score (nSPS) is 25.0. The first-order valence-corrected chi connectivity index (χ1v) is 9.51. The van der Waals surface area contributed by atoms with Crippen molar-refractivity contribution in [3.8, 4) is 0 Å². The van der Waals surface area contributed by atoms with E-state index in [1.165, 1.54) is 19.3 Å². The van der Waals surface area contributed by atoms with Crippen LogP contribution in [0.5, 0.6) is 0 Å². The van der Waals surface area contributed by atoms with Crippen LogP contribution in [0.1, 0.15) is 39.0 Å². The molecule has 25 heavy (non-hydrogen) atoms. The van der Waals surface area contributed by atoms with E-state index < -0.39 is 0 Å². The number of amides is 1. The number of likely N-dealkylation sites (tertiary alicyclic amines) is 1. The van der Waals surface area contributed by atoms with Gasteiger partial charge in [-0.1, -0.05) is 0 Å². The first kappa shape index (κ1) is 18.1. The number of carbonyl (C=O) groups is 1. The van der Waals surface area contributed by atoms with Crippen LogP contribution in [-0.4, -0.2) is 59.7 Å². The van der Waals surface area contributed by atoms with Crippen LogP contribution in [0.4, 0.5) is 11.5 Å². The Balaban J connectivity index is 1.52. The third-order valence-corrected chi connectivity index (χ3v) is 5.43. The summed E-state index contributed by atoms with van der Waals surface area (Å²) < 4.78 is 0. The zero-order chi connectivity index (χ0) is 17.6. The molecule has 2 aliphatic rings. The van der Waals surface area contributed by atoms with Crippen molar-refractivity contribution in [3.05, 3.63) is 18.3 Å². The molecule has 138 valence electrons. The molecule has 1 amide bonds. The Hall–Kier alpha value is -1.66. The molecule has 0 radical (unpaired) electrons. The number of hydrogen-bond acceptors (Lipinski definition) is 5. The standard InChI is InChI=1S/C19H30N4O2/c1-15-5-6-16(14-24)12-23(15)13-19(25)21-17-7-8-18(20-11-17)22-9-3-2-4-10-22/h7-8,11,15-16,24H,2-6,9-10,12-14H2,1H3,(H,21,25). The molecule has 2 saturated heterocycles. The minimum atomic E-state index is -0.0158. The van der Waals surface area contributed by atoms with E-state index in [4.69, 9.17) is 0 Å². The van der Waals surface area contributed by atoms with Crippen LogP contribution in [0.3, 0.4) is 0 Å². The molecule has 0 saturated carbocycles. The largest absolute Gasteiger partial charge is 0.396 e. The van der Waals surface area contributed by atoms with E-state index in [9.17, 15) is 9.90 Å². The molecule has 2 aliphatic heterocycles. The molecule has 0 aromatic carbocycles. The minimum absolute atomic E-state index is 0.0158. The zero-order valence-corrected chi connectivity index (χ0v) is 15.2. The lowest BCUT2D eigenvalue weighted by Gasteiger charge is -2.36. The van der Waals surface area contributed by atoms with Crippen LogP contribution in [0, 0.1) is 5.92 Å². The predicted octanol–water partition coefficient (Wildman–Crippen LogP) is 2.10. The zero-order valence-electron chi connectivity index (χ0n) is 15.2. The van der Waals surface area contributed by atoms with Crippen molar-refractivity contribution < 1.29 is 9.90 Å². The van der Waals surface area contributed by atoms with Crippen molar-refractivity contribution in [2.75, 3.05) is 43.0 Å². The molecule has 3 rings (SSSR count). The number of hydrogen-bond donors (Lipinski definition) is 2. The first-order valence-electron chi connectivity index (χ1n) is 9.51. The highest BCUT2D eigenvalue weighted by Gasteiger charge is 2.26. The summed E-state index contributed by atoms with van der Waals surface area (Å²) in [7, 11) is 0. The summed E-state index contributed by atoms with van der Waals surface area (Å²) in [5.41, 5.74) is 0.745. The summed E-state index contributed by atoms with van der Waals surface area (Å²) >= 11 is 0. The summed E-state index contributed by atoms with van der Waals surface area (Å²) in [5.74, 6) is 1.26. The fourth-order valence-electron chi connectivity index (χ4n) is 3.79. The van der Waals surface area contributed by atoms with E-state index in [1.807, 2.05) is 12.1 Å². The summed E-state index contributed by atoms with van der Waals surface area (Å²) in [6.45, 7) is 5.64. The number of piperidine rings is 2. The van der Waals surface area contributed by atoms with Gasteiger partial charge in [0.25, 0.3) is 0 Å². The Morgan fingerprint density at radius 1 is 1.28 bits per heavy atom. The maximum atomic E-state index is 12.4. The minimum Gasteiger partial charge on any atom is -0.396 e. The average molecular weight is 346 g/mol. The fraction of sp³-hybridized carbons (Fsp3) is 0.684. The number of aliphatic hydroxyl groups excluding tert-OH is 1. The van der Waals surface area contributed by atoms with Crippen molar-refractivity contribution >= 4 is 17.4 Å². The van der Waals surface area contributed by atoms with Crippen molar-refractivity contribution in [2.24, 2.45) is 5.92 Å². The molecule has 0 aliphatic carbocycles. The van der Waals surface area contributed by atoms with E-state index >= 15 is 0 Å². The van der Waals surface area contributed by atoms with Gasteiger partial charge in [-0.3, -0.25) is 9.69 Å². The second-order valence-electron chi connectivity index (χ2n) is 7.41. The topological polar surface area (TPSA) is 68.7 Å². The van der Waals surface area contributed by atoms with Crippen molar-refractivity contribution in [3.63, 3.8) is 0 Å². The van der Waals surface area contributed by atoms with E-state index in [1.54, 1.807) is 6.20 Å². The van der Waals surface area contributed by atoms with Gasteiger partial charge in [0.05, 0.1) is 18.4 Å². The summed E-state index contributed by atoms with van der Waals surface area (Å²) in [4.78, 5) is 21.3. The number of anilines is 2. The van der Waals surface area contributed by atoms with Crippen LogP contribution in [-0.2, 0) is 4.79 Å². The number of pyridine rings is 1. The fourth-order valence-corrected chi connectivity index (χ4v) is 3.79. The highest BCUT2D eigenvalue weighted by Crippen LogP contribution is 2.22. The number of nitrogens with zero attached hydrogens (tertiary/aromatic N) is 3. The van der Waals surface area contributed by atoms with Crippen LogP contribution in [0.15, 0.2) is 18.3 Å². The van der Waals surface area contributed by atoms with Gasteiger partial charge in [-0.25, -0.2) is 4.98 Å². The predicted molar refractivity (Wildman–Crippen MR) is 99.8 cm³/mol. The maximum absolute atomic E-state index is 12.4. The molecule has 6 heteroatoms. The van der Waals surface area contributed by atoms with Gasteiger partial charge in [0.15, 0.2) is 0 Å². The summed E-state index contributed by atoms with van der Waals surface area (Å²) in [6.07, 6.45) is 7.57. The van der Waals surface area contributed by atoms with E-state index in [-0.39, 0.29) is 18.4 Å². The first-order chi connectivity index (χ1) is 12.2. The monoisotopic (exact) mass is 346 g/mol. The molecular weight excluding hydrogens is 316 g/mol. The Bertz CT molecular complexity index is 557. The molecule has 3 heterocycles. The third kappa shape index (κ3) is 4.92. The Morgan fingerprint density at radius 3 is 2.76 bits per heavy atom. The van der Waals surface area contributed by atoms with Gasteiger partial charge >= 0.3 is 0 Å². The molecule has 2 unspecified atom stereocenters. The van der Waals surface area contributed by atoms with Gasteiger partial charge in [0.1, 0.15) is 5.82 Å². The van der Waals surface area contributed by atoms with Gasteiger partial charge in [0, 0.05) is 32.3 Å². The van der Waals surface area contributed by atoms with Crippen molar-refractivity contribution in [1.29, 1.82) is 0 Å². The van der Waals surface area contributed by atoms with Crippen LogP contribution in [0.25, 0.3) is 0 Å². The van der Waals surface area contributed by atoms with Gasteiger partial charge in [0.2, 0.25) is 5.91 Å². The van der Waals surface area contributed by atoms with Crippen molar-refractivity contribution in [2.45, 2.75) is 45.1 Å². The highest BCUT2D eigenvalue weighted by molar-refractivity contribution is 5.92. The Morgan fingerprint density at radius 2 is 2.08 bits per heavy atom. The summed E-state index contributed by atoms with van der Waals surface area (Å²) in [6, 6.07) is 4.31. The van der Waals surface area contributed by atoms with Gasteiger partial charge in [-0.2, -0.15) is 0 Å². The van der Waals surface area contributed by atoms with Crippen LogP contribution >= 0.6 is 0 Å². The molecule has 2 atom stereocenters. The second kappa shape index (κ2) is 8.63. The molecule has 1 aromatic rings. The Kier molecular flexibility index (Phi) is 6.26. The van der Waals surface area contributed by atoms with Crippen LogP contribution < -0.4 is 10.2 Å². The van der Waals surface area contributed by atoms with Crippen molar-refractivity contribution in [1.82, 2.24) is 9.88 Å². The number of aliphatic hydroxyl groups is 1. The molecule has 2 fully saturated rings. The van der Waals surface area contributed by atoms with Gasteiger partial charge in [-0.05, 0) is 57.1 Å². The molecule has 0 bridgehead atoms. The van der Waals surface area contributed by atoms with Gasteiger partial charge < -0.3 is 15.3 Å². The number of nitrogens with one attached hydrogen (secondary N) is 1. The second-order valence-corrected chi connectivity index (χ2v) is 7.41. The SMILES string of the molecule is CC1CCC(CO)CN1CC(=O)Nc1ccc(N2CCCCC2)nc1. The summed E-state index contributed by atoms with van der Waals surface area (Å²) in [5, 5.41) is 12.3. The Labute approximate surface area is 150 Å². The average Bonchev–Trinajstić information content (AvgIpc) is 2.65. The number of rotatable bonds is 5. The van der Waals surface area contributed by atoms with E-state index in [2.05, 4.69) is 27.0 Å². The maximum Gasteiger partial charge on any atom is 0.238 e.